The Morgan fingerprint density at radius 1 is 1.44 bits per heavy atom. The monoisotopic (exact) mass is 247 g/mol. The van der Waals surface area contributed by atoms with Gasteiger partial charge in [0.05, 0.1) is 17.6 Å². The van der Waals surface area contributed by atoms with E-state index in [2.05, 4.69) is 28.9 Å². The van der Waals surface area contributed by atoms with Crippen LogP contribution in [-0.2, 0) is 0 Å². The highest BCUT2D eigenvalue weighted by atomic mass is 15.2. The van der Waals surface area contributed by atoms with Gasteiger partial charge in [-0.1, -0.05) is 13.3 Å². The van der Waals surface area contributed by atoms with E-state index >= 15 is 0 Å². The van der Waals surface area contributed by atoms with Crippen LogP contribution in [0.1, 0.15) is 57.7 Å². The Balaban J connectivity index is 2.12. The summed E-state index contributed by atoms with van der Waals surface area (Å²) >= 11 is 0. The summed E-state index contributed by atoms with van der Waals surface area (Å²) in [6.07, 6.45) is 8.53. The minimum absolute atomic E-state index is 0.0202. The molecule has 1 aromatic heterocycles. The van der Waals surface area contributed by atoms with Crippen molar-refractivity contribution in [2.24, 2.45) is 5.73 Å². The van der Waals surface area contributed by atoms with Gasteiger partial charge in [0.25, 0.3) is 0 Å². The number of aromatic nitrogens is 1. The third-order valence-electron chi connectivity index (χ3n) is 3.82. The molecule has 18 heavy (non-hydrogen) atoms. The molecule has 100 valence electrons. The number of hydrogen-bond acceptors (Lipinski definition) is 3. The first kappa shape index (κ1) is 13.3. The van der Waals surface area contributed by atoms with Gasteiger partial charge in [0, 0.05) is 18.6 Å². The zero-order valence-electron chi connectivity index (χ0n) is 11.6. The molecular weight excluding hydrogens is 222 g/mol. The average Bonchev–Trinajstić information content (AvgIpc) is 2.40. The van der Waals surface area contributed by atoms with Gasteiger partial charge in [-0.3, -0.25) is 4.98 Å². The minimum Gasteiger partial charge on any atom is -0.367 e. The quantitative estimate of drug-likeness (QED) is 0.888. The molecule has 2 atom stereocenters. The number of nitrogens with two attached hydrogens (primary N) is 1. The lowest BCUT2D eigenvalue weighted by atomic mass is 9.97. The van der Waals surface area contributed by atoms with Crippen LogP contribution in [0, 0.1) is 0 Å². The van der Waals surface area contributed by atoms with E-state index in [0.29, 0.717) is 6.04 Å². The van der Waals surface area contributed by atoms with Gasteiger partial charge in [-0.15, -0.1) is 0 Å². The second-order valence-corrected chi connectivity index (χ2v) is 5.36. The Morgan fingerprint density at radius 2 is 2.28 bits per heavy atom. The normalized spacial score (nSPS) is 21.9. The summed E-state index contributed by atoms with van der Waals surface area (Å²) in [4.78, 5) is 7.01. The molecule has 1 saturated heterocycles. The molecule has 2 N–H and O–H groups in total. The van der Waals surface area contributed by atoms with Crippen LogP contribution in [0.2, 0.25) is 0 Å². The van der Waals surface area contributed by atoms with Gasteiger partial charge < -0.3 is 10.6 Å². The molecule has 0 saturated carbocycles. The third-order valence-corrected chi connectivity index (χ3v) is 3.82. The molecule has 3 heteroatoms. The lowest BCUT2D eigenvalue weighted by Gasteiger charge is -2.37. The third kappa shape index (κ3) is 3.02. The first-order chi connectivity index (χ1) is 8.72. The molecule has 1 unspecified atom stereocenters. The molecule has 0 spiro atoms. The van der Waals surface area contributed by atoms with Gasteiger partial charge in [-0.2, -0.15) is 0 Å². The van der Waals surface area contributed by atoms with Gasteiger partial charge in [-0.25, -0.2) is 0 Å². The number of piperidine rings is 1. The maximum atomic E-state index is 5.84. The fourth-order valence-electron chi connectivity index (χ4n) is 2.81. The molecule has 0 aliphatic carbocycles. The zero-order valence-corrected chi connectivity index (χ0v) is 11.6. The van der Waals surface area contributed by atoms with Crippen LogP contribution in [0.4, 0.5) is 5.69 Å². The van der Waals surface area contributed by atoms with Gasteiger partial charge >= 0.3 is 0 Å². The van der Waals surface area contributed by atoms with Crippen molar-refractivity contribution in [3.05, 3.63) is 24.0 Å². The van der Waals surface area contributed by atoms with Crippen molar-refractivity contribution in [2.75, 3.05) is 11.4 Å². The van der Waals surface area contributed by atoms with Crippen molar-refractivity contribution in [1.82, 2.24) is 4.98 Å². The number of nitrogens with zero attached hydrogens (tertiary/aromatic N) is 2. The summed E-state index contributed by atoms with van der Waals surface area (Å²) in [5.74, 6) is 0. The number of rotatable bonds is 4. The summed E-state index contributed by atoms with van der Waals surface area (Å²) in [7, 11) is 0. The molecule has 0 bridgehead atoms. The van der Waals surface area contributed by atoms with Crippen LogP contribution in [0.3, 0.4) is 0 Å². The topological polar surface area (TPSA) is 42.1 Å². The van der Waals surface area contributed by atoms with E-state index in [1.165, 1.54) is 44.3 Å². The van der Waals surface area contributed by atoms with E-state index < -0.39 is 0 Å². The highest BCUT2D eigenvalue weighted by Gasteiger charge is 2.22. The summed E-state index contributed by atoms with van der Waals surface area (Å²) in [6.45, 7) is 5.41. The molecule has 3 nitrogen and oxygen atoms in total. The van der Waals surface area contributed by atoms with Gasteiger partial charge in [0.2, 0.25) is 0 Å². The molecule has 0 radical (unpaired) electrons. The van der Waals surface area contributed by atoms with Gasteiger partial charge in [0.1, 0.15) is 0 Å². The van der Waals surface area contributed by atoms with Gasteiger partial charge in [-0.05, 0) is 44.7 Å². The minimum atomic E-state index is 0.0202. The summed E-state index contributed by atoms with van der Waals surface area (Å²) in [6, 6.07) is 4.97. The predicted molar refractivity (Wildman–Crippen MR) is 76.7 cm³/mol. The Bertz CT molecular complexity index is 357. The van der Waals surface area contributed by atoms with Crippen molar-refractivity contribution in [1.29, 1.82) is 0 Å². The molecule has 1 aliphatic rings. The smallest absolute Gasteiger partial charge is 0.0569 e. The zero-order chi connectivity index (χ0) is 13.0. The van der Waals surface area contributed by atoms with Crippen molar-refractivity contribution < 1.29 is 0 Å². The summed E-state index contributed by atoms with van der Waals surface area (Å²) in [5, 5.41) is 0. The molecule has 1 aliphatic heterocycles. The molecule has 2 rings (SSSR count). The molecular formula is C15H25N3. The maximum absolute atomic E-state index is 5.84. The predicted octanol–water partition coefficient (Wildman–Crippen LogP) is 3.26. The van der Waals surface area contributed by atoms with Crippen molar-refractivity contribution in [3.8, 4) is 0 Å². The molecule has 0 amide bonds. The highest BCUT2D eigenvalue weighted by molar-refractivity contribution is 5.46. The van der Waals surface area contributed by atoms with Gasteiger partial charge in [0.15, 0.2) is 0 Å². The van der Waals surface area contributed by atoms with Crippen LogP contribution in [0.15, 0.2) is 18.3 Å². The number of hydrogen-bond donors (Lipinski definition) is 1. The van der Waals surface area contributed by atoms with Crippen LogP contribution >= 0.6 is 0 Å². The summed E-state index contributed by atoms with van der Waals surface area (Å²) < 4.78 is 0. The highest BCUT2D eigenvalue weighted by Crippen LogP contribution is 2.27. The molecule has 2 heterocycles. The van der Waals surface area contributed by atoms with Crippen LogP contribution in [0.5, 0.6) is 0 Å². The molecule has 1 aromatic rings. The number of anilines is 1. The van der Waals surface area contributed by atoms with E-state index in [9.17, 15) is 0 Å². The lowest BCUT2D eigenvalue weighted by molar-refractivity contribution is 0.434. The SMILES string of the molecule is CCCC1CCCCN1c1ccc([C@H](C)N)nc1. The molecule has 1 fully saturated rings. The average molecular weight is 247 g/mol. The van der Waals surface area contributed by atoms with E-state index in [4.69, 9.17) is 5.73 Å². The lowest BCUT2D eigenvalue weighted by Crippen LogP contribution is -2.39. The second-order valence-electron chi connectivity index (χ2n) is 5.36. The van der Waals surface area contributed by atoms with Crippen molar-refractivity contribution in [2.45, 2.75) is 58.0 Å². The van der Waals surface area contributed by atoms with Crippen molar-refractivity contribution >= 4 is 5.69 Å². The van der Waals surface area contributed by atoms with E-state index in [1.807, 2.05) is 13.1 Å². The second kappa shape index (κ2) is 6.19. The van der Waals surface area contributed by atoms with E-state index in [1.54, 1.807) is 0 Å². The Morgan fingerprint density at radius 3 is 2.89 bits per heavy atom. The fraction of sp³-hybridized carbons (Fsp3) is 0.667. The van der Waals surface area contributed by atoms with Crippen LogP contribution in [0.25, 0.3) is 0 Å². The molecule has 0 aromatic carbocycles. The van der Waals surface area contributed by atoms with Crippen molar-refractivity contribution in [3.63, 3.8) is 0 Å². The fourth-order valence-corrected chi connectivity index (χ4v) is 2.81. The standard InChI is InChI=1S/C15H25N3/c1-3-6-13-7-4-5-10-18(13)14-8-9-15(12(2)16)17-11-14/h8-9,11-13H,3-7,10,16H2,1-2H3/t12-,13?/m0/s1. The van der Waals surface area contributed by atoms with Crippen LogP contribution in [-0.4, -0.2) is 17.6 Å². The number of pyridine rings is 1. The van der Waals surface area contributed by atoms with Crippen LogP contribution < -0.4 is 10.6 Å². The maximum Gasteiger partial charge on any atom is 0.0569 e. The summed E-state index contributed by atoms with van der Waals surface area (Å²) in [5.41, 5.74) is 8.08. The van der Waals surface area contributed by atoms with E-state index in [0.717, 1.165) is 5.69 Å². The Labute approximate surface area is 110 Å². The Hall–Kier alpha value is -1.09. The van der Waals surface area contributed by atoms with E-state index in [-0.39, 0.29) is 6.04 Å². The first-order valence-corrected chi connectivity index (χ1v) is 7.20. The largest absolute Gasteiger partial charge is 0.367 e. The first-order valence-electron chi connectivity index (χ1n) is 7.20. The Kier molecular flexibility index (Phi) is 4.59.